The molecule has 0 aliphatic carbocycles. The molecule has 1 aromatic rings. The molecule has 0 spiro atoms. The highest BCUT2D eigenvalue weighted by atomic mass is 16.8. The van der Waals surface area contributed by atoms with Gasteiger partial charge in [-0.2, -0.15) is 0 Å². The molecule has 0 N–H and O–H groups in total. The average Bonchev–Trinajstić information content (AvgIpc) is 3.18. The molecule has 36 heavy (non-hydrogen) atoms. The fourth-order valence-electron chi connectivity index (χ4n) is 4.92. The topological polar surface area (TPSA) is 162 Å². The highest BCUT2D eigenvalue weighted by molar-refractivity contribution is 5.14. The SMILES string of the molecule is CO[C@H]1OC(C)[C@@H](O[C@@H]2OC(C)[C@@H](N=[N+]=[N-])C(OCc3ccccc3)C2N=[N+]=[N-])C2OC(C)(C)OC21. The van der Waals surface area contributed by atoms with E-state index >= 15 is 0 Å². The number of rotatable bonds is 8. The molecule has 1 aromatic carbocycles. The number of hydrogen-bond acceptors (Lipinski definition) is 9. The first-order chi connectivity index (χ1) is 17.3. The summed E-state index contributed by atoms with van der Waals surface area (Å²) in [5, 5.41) is 7.83. The molecule has 3 saturated heterocycles. The van der Waals surface area contributed by atoms with Gasteiger partial charge in [0.25, 0.3) is 0 Å². The van der Waals surface area contributed by atoms with Crippen molar-refractivity contribution in [3.05, 3.63) is 56.8 Å². The van der Waals surface area contributed by atoms with Crippen LogP contribution in [0.3, 0.4) is 0 Å². The third kappa shape index (κ3) is 5.60. The van der Waals surface area contributed by atoms with Gasteiger partial charge in [0, 0.05) is 16.9 Å². The molecule has 3 aliphatic heterocycles. The number of azide groups is 2. The molecule has 196 valence electrons. The van der Waals surface area contributed by atoms with Gasteiger partial charge in [0.1, 0.15) is 24.4 Å². The first-order valence-corrected chi connectivity index (χ1v) is 11.9. The lowest BCUT2D eigenvalue weighted by atomic mass is 9.95. The first kappa shape index (κ1) is 26.6. The van der Waals surface area contributed by atoms with Gasteiger partial charge in [0.05, 0.1) is 31.0 Å². The Morgan fingerprint density at radius 1 is 0.889 bits per heavy atom. The van der Waals surface area contributed by atoms with Gasteiger partial charge >= 0.3 is 0 Å². The minimum Gasteiger partial charge on any atom is -0.372 e. The molecule has 3 aliphatic rings. The van der Waals surface area contributed by atoms with Crippen LogP contribution in [0.15, 0.2) is 40.6 Å². The Bertz CT molecular complexity index is 986. The second-order valence-corrected chi connectivity index (χ2v) is 9.47. The highest BCUT2D eigenvalue weighted by Crippen LogP contribution is 2.40. The molecule has 13 nitrogen and oxygen atoms in total. The molecule has 3 heterocycles. The number of hydrogen-bond donors (Lipinski definition) is 0. The fraction of sp³-hybridized carbons (Fsp3) is 0.739. The summed E-state index contributed by atoms with van der Waals surface area (Å²) in [7, 11) is 1.54. The van der Waals surface area contributed by atoms with Crippen LogP contribution >= 0.6 is 0 Å². The van der Waals surface area contributed by atoms with Crippen molar-refractivity contribution in [1.29, 1.82) is 0 Å². The van der Waals surface area contributed by atoms with Crippen LogP contribution in [-0.2, 0) is 39.8 Å². The predicted octanol–water partition coefficient (Wildman–Crippen LogP) is 3.97. The van der Waals surface area contributed by atoms with E-state index in [1.165, 1.54) is 0 Å². The zero-order chi connectivity index (χ0) is 25.9. The summed E-state index contributed by atoms with van der Waals surface area (Å²) in [6.45, 7) is 7.42. The Balaban J connectivity index is 1.60. The Kier molecular flexibility index (Phi) is 8.36. The van der Waals surface area contributed by atoms with E-state index in [0.717, 1.165) is 5.56 Å². The van der Waals surface area contributed by atoms with Crippen molar-refractivity contribution in [2.75, 3.05) is 7.11 Å². The van der Waals surface area contributed by atoms with E-state index in [2.05, 4.69) is 20.1 Å². The molecular weight excluding hydrogens is 472 g/mol. The van der Waals surface area contributed by atoms with Gasteiger partial charge in [-0.1, -0.05) is 40.6 Å². The van der Waals surface area contributed by atoms with Crippen molar-refractivity contribution in [3.63, 3.8) is 0 Å². The number of fused-ring (bicyclic) bond motifs is 1. The molecule has 0 aromatic heterocycles. The van der Waals surface area contributed by atoms with Crippen LogP contribution in [0.5, 0.6) is 0 Å². The average molecular weight is 505 g/mol. The van der Waals surface area contributed by atoms with E-state index in [1.54, 1.807) is 27.9 Å². The Labute approximate surface area is 209 Å². The molecule has 0 saturated carbocycles. The standard InChI is InChI=1S/C23H32N6O7/c1-12-15(26-28-24)18(31-11-14-9-7-6-8-10-14)16(27-29-25)21(32-12)34-17-13(2)33-22(30-5)20-19(17)35-23(3,4)36-20/h6-10,12-13,15-22H,11H2,1-5H3/t12?,13?,15-,16?,17-,18?,19?,20?,21+,22+/m1/s1. The largest absolute Gasteiger partial charge is 0.372 e. The van der Waals surface area contributed by atoms with E-state index in [9.17, 15) is 11.1 Å². The Morgan fingerprint density at radius 2 is 1.53 bits per heavy atom. The Hall–Kier alpha value is -2.44. The summed E-state index contributed by atoms with van der Waals surface area (Å²) < 4.78 is 42.3. The summed E-state index contributed by atoms with van der Waals surface area (Å²) >= 11 is 0. The van der Waals surface area contributed by atoms with Crippen LogP contribution < -0.4 is 0 Å². The normalized spacial score (nSPS) is 39.5. The van der Waals surface area contributed by atoms with Gasteiger partial charge in [-0.3, -0.25) is 0 Å². The van der Waals surface area contributed by atoms with Crippen molar-refractivity contribution in [2.24, 2.45) is 10.2 Å². The number of nitrogens with zero attached hydrogens (tertiary/aromatic N) is 6. The van der Waals surface area contributed by atoms with Gasteiger partial charge in [0.15, 0.2) is 18.4 Å². The highest BCUT2D eigenvalue weighted by Gasteiger charge is 2.57. The number of benzene rings is 1. The van der Waals surface area contributed by atoms with Gasteiger partial charge < -0.3 is 33.2 Å². The molecule has 0 amide bonds. The maximum atomic E-state index is 9.37. The molecule has 6 unspecified atom stereocenters. The molecule has 3 fully saturated rings. The van der Waals surface area contributed by atoms with Crippen LogP contribution in [0, 0.1) is 0 Å². The summed E-state index contributed by atoms with van der Waals surface area (Å²) in [4.78, 5) is 5.96. The lowest BCUT2D eigenvalue weighted by Crippen LogP contribution is -2.62. The van der Waals surface area contributed by atoms with Crippen molar-refractivity contribution in [3.8, 4) is 0 Å². The second kappa shape index (κ2) is 11.3. The first-order valence-electron chi connectivity index (χ1n) is 11.9. The number of ether oxygens (including phenoxy) is 7. The zero-order valence-corrected chi connectivity index (χ0v) is 20.9. The monoisotopic (exact) mass is 504 g/mol. The zero-order valence-electron chi connectivity index (χ0n) is 20.9. The molecule has 13 heteroatoms. The maximum absolute atomic E-state index is 9.37. The summed E-state index contributed by atoms with van der Waals surface area (Å²) in [6.07, 6.45) is -5.21. The van der Waals surface area contributed by atoms with Crippen LogP contribution in [0.25, 0.3) is 20.9 Å². The quantitative estimate of drug-likeness (QED) is 0.294. The van der Waals surface area contributed by atoms with E-state index in [1.807, 2.05) is 37.3 Å². The smallest absolute Gasteiger partial charge is 0.186 e. The van der Waals surface area contributed by atoms with Crippen molar-refractivity contribution >= 4 is 0 Å². The summed E-state index contributed by atoms with van der Waals surface area (Å²) in [5.74, 6) is -0.875. The second-order valence-electron chi connectivity index (χ2n) is 9.47. The minimum absolute atomic E-state index is 0.216. The van der Waals surface area contributed by atoms with Gasteiger partial charge in [-0.05, 0) is 44.3 Å². The molecule has 4 rings (SSSR count). The summed E-state index contributed by atoms with van der Waals surface area (Å²) in [5.41, 5.74) is 19.4. The van der Waals surface area contributed by atoms with Crippen LogP contribution in [0.1, 0.15) is 33.3 Å². The van der Waals surface area contributed by atoms with E-state index in [0.29, 0.717) is 0 Å². The molecule has 0 bridgehead atoms. The molecular formula is C23H32N6O7. The Morgan fingerprint density at radius 3 is 2.19 bits per heavy atom. The van der Waals surface area contributed by atoms with Crippen molar-refractivity contribution < 1.29 is 33.2 Å². The van der Waals surface area contributed by atoms with E-state index < -0.39 is 67.1 Å². The molecule has 0 radical (unpaired) electrons. The van der Waals surface area contributed by atoms with Crippen molar-refractivity contribution in [1.82, 2.24) is 0 Å². The van der Waals surface area contributed by atoms with Crippen LogP contribution in [-0.4, -0.2) is 74.2 Å². The van der Waals surface area contributed by atoms with E-state index in [4.69, 9.17) is 33.2 Å². The van der Waals surface area contributed by atoms with Gasteiger partial charge in [-0.15, -0.1) is 0 Å². The maximum Gasteiger partial charge on any atom is 0.186 e. The predicted molar refractivity (Wildman–Crippen MR) is 125 cm³/mol. The summed E-state index contributed by atoms with van der Waals surface area (Å²) in [6, 6.07) is 7.82. The fourth-order valence-corrected chi connectivity index (χ4v) is 4.92. The van der Waals surface area contributed by atoms with E-state index in [-0.39, 0.29) is 6.61 Å². The van der Waals surface area contributed by atoms with Crippen LogP contribution in [0.4, 0.5) is 0 Å². The van der Waals surface area contributed by atoms with Crippen LogP contribution in [0.2, 0.25) is 0 Å². The lowest BCUT2D eigenvalue weighted by Gasteiger charge is -2.46. The molecule has 10 atom stereocenters. The third-order valence-corrected chi connectivity index (χ3v) is 6.53. The third-order valence-electron chi connectivity index (χ3n) is 6.53. The van der Waals surface area contributed by atoms with Gasteiger partial charge in [0.2, 0.25) is 0 Å². The lowest BCUT2D eigenvalue weighted by molar-refractivity contribution is -0.315. The minimum atomic E-state index is -1.02. The van der Waals surface area contributed by atoms with Crippen molar-refractivity contribution in [2.45, 2.75) is 101 Å². The van der Waals surface area contributed by atoms with Gasteiger partial charge in [-0.25, -0.2) is 0 Å². The number of methoxy groups -OCH3 is 1.